The van der Waals surface area contributed by atoms with Gasteiger partial charge in [0, 0.05) is 32.7 Å². The summed E-state index contributed by atoms with van der Waals surface area (Å²) in [6.45, 7) is 6.02. The van der Waals surface area contributed by atoms with Crippen LogP contribution < -0.4 is 4.74 Å². The third-order valence-corrected chi connectivity index (χ3v) is 4.56. The minimum Gasteiger partial charge on any atom is -0.481 e. The molecule has 1 amide bonds. The molecule has 1 aliphatic heterocycles. The molecule has 0 aromatic heterocycles. The predicted molar refractivity (Wildman–Crippen MR) is 105 cm³/mol. The topological polar surface area (TPSA) is 32.8 Å². The average molecular weight is 350 g/mol. The van der Waals surface area contributed by atoms with E-state index >= 15 is 0 Å². The van der Waals surface area contributed by atoms with Crippen molar-refractivity contribution in [2.24, 2.45) is 0 Å². The van der Waals surface area contributed by atoms with E-state index in [1.165, 1.54) is 5.56 Å². The zero-order chi connectivity index (χ0) is 18.2. The maximum Gasteiger partial charge on any atom is 0.263 e. The molecule has 1 heterocycles. The lowest BCUT2D eigenvalue weighted by Crippen LogP contribution is -2.51. The van der Waals surface area contributed by atoms with E-state index in [2.05, 4.69) is 29.2 Å². The van der Waals surface area contributed by atoms with E-state index in [4.69, 9.17) is 4.74 Å². The highest BCUT2D eigenvalue weighted by atomic mass is 16.5. The van der Waals surface area contributed by atoms with Crippen LogP contribution in [-0.4, -0.2) is 54.5 Å². The molecule has 3 rings (SSSR count). The molecule has 0 radical (unpaired) electrons. The van der Waals surface area contributed by atoms with Crippen molar-refractivity contribution >= 4 is 12.0 Å². The van der Waals surface area contributed by atoms with Gasteiger partial charge in [0.1, 0.15) is 5.75 Å². The second kappa shape index (κ2) is 9.20. The first kappa shape index (κ1) is 18.2. The summed E-state index contributed by atoms with van der Waals surface area (Å²) in [6, 6.07) is 19.8. The Balaban J connectivity index is 1.42. The number of hydrogen-bond acceptors (Lipinski definition) is 3. The van der Waals surface area contributed by atoms with Gasteiger partial charge in [0.05, 0.1) is 0 Å². The highest BCUT2D eigenvalue weighted by Crippen LogP contribution is 2.13. The van der Waals surface area contributed by atoms with Crippen LogP contribution >= 0.6 is 0 Å². The van der Waals surface area contributed by atoms with Gasteiger partial charge < -0.3 is 9.64 Å². The first-order chi connectivity index (χ1) is 12.7. The Morgan fingerprint density at radius 3 is 2.27 bits per heavy atom. The first-order valence-corrected chi connectivity index (χ1v) is 9.17. The summed E-state index contributed by atoms with van der Waals surface area (Å²) < 4.78 is 5.75. The van der Waals surface area contributed by atoms with Crippen molar-refractivity contribution in [3.63, 3.8) is 0 Å². The number of amides is 1. The van der Waals surface area contributed by atoms with Crippen molar-refractivity contribution in [1.82, 2.24) is 9.80 Å². The Labute approximate surface area is 155 Å². The van der Waals surface area contributed by atoms with Gasteiger partial charge in [-0.1, -0.05) is 60.7 Å². The lowest BCUT2D eigenvalue weighted by molar-refractivity contribution is -0.139. The minimum absolute atomic E-state index is 0.0633. The van der Waals surface area contributed by atoms with Crippen LogP contribution in [0.25, 0.3) is 6.08 Å². The van der Waals surface area contributed by atoms with Gasteiger partial charge in [0.2, 0.25) is 0 Å². The number of carbonyl (C=O) groups excluding carboxylic acids is 1. The van der Waals surface area contributed by atoms with Gasteiger partial charge in [-0.15, -0.1) is 0 Å². The number of piperazine rings is 1. The molecule has 2 aromatic rings. The van der Waals surface area contributed by atoms with Crippen molar-refractivity contribution in [3.05, 3.63) is 72.3 Å². The summed E-state index contributed by atoms with van der Waals surface area (Å²) in [4.78, 5) is 16.9. The molecular formula is C22H26N2O2. The van der Waals surface area contributed by atoms with Crippen LogP contribution in [0, 0.1) is 0 Å². The molecule has 1 unspecified atom stereocenters. The second-order valence-electron chi connectivity index (χ2n) is 6.51. The van der Waals surface area contributed by atoms with Crippen LogP contribution in [0.15, 0.2) is 66.7 Å². The molecule has 0 N–H and O–H groups in total. The maximum absolute atomic E-state index is 12.6. The number of benzene rings is 2. The van der Waals surface area contributed by atoms with E-state index in [1.807, 2.05) is 60.4 Å². The van der Waals surface area contributed by atoms with E-state index in [9.17, 15) is 4.79 Å². The van der Waals surface area contributed by atoms with E-state index in [0.717, 1.165) is 38.5 Å². The molecule has 136 valence electrons. The van der Waals surface area contributed by atoms with Gasteiger partial charge in [0.25, 0.3) is 5.91 Å². The SMILES string of the molecule is CC(Oc1ccccc1)C(=O)N1CCN(C/C=C/c2ccccc2)CC1. The van der Waals surface area contributed by atoms with Gasteiger partial charge in [-0.2, -0.15) is 0 Å². The van der Waals surface area contributed by atoms with E-state index in [0.29, 0.717) is 0 Å². The fourth-order valence-electron chi connectivity index (χ4n) is 3.06. The maximum atomic E-state index is 12.6. The van der Waals surface area contributed by atoms with Crippen molar-refractivity contribution in [1.29, 1.82) is 0 Å². The van der Waals surface area contributed by atoms with Crippen molar-refractivity contribution in [2.75, 3.05) is 32.7 Å². The minimum atomic E-state index is -0.457. The van der Waals surface area contributed by atoms with Crippen LogP contribution in [0.3, 0.4) is 0 Å². The first-order valence-electron chi connectivity index (χ1n) is 9.17. The molecule has 0 saturated carbocycles. The second-order valence-corrected chi connectivity index (χ2v) is 6.51. The normalized spacial score (nSPS) is 16.6. The Morgan fingerprint density at radius 1 is 1.00 bits per heavy atom. The molecule has 4 heteroatoms. The number of para-hydroxylation sites is 1. The summed E-state index contributed by atoms with van der Waals surface area (Å²) in [5.74, 6) is 0.798. The van der Waals surface area contributed by atoms with Gasteiger partial charge in [0.15, 0.2) is 6.10 Å². The molecule has 4 nitrogen and oxygen atoms in total. The monoisotopic (exact) mass is 350 g/mol. The third kappa shape index (κ3) is 5.20. The Kier molecular flexibility index (Phi) is 6.45. The molecule has 2 aromatic carbocycles. The van der Waals surface area contributed by atoms with Crippen LogP contribution in [-0.2, 0) is 4.79 Å². The summed E-state index contributed by atoms with van der Waals surface area (Å²) in [5.41, 5.74) is 1.22. The zero-order valence-electron chi connectivity index (χ0n) is 15.3. The van der Waals surface area contributed by atoms with E-state index in [1.54, 1.807) is 0 Å². The standard InChI is InChI=1S/C22H26N2O2/c1-19(26-21-12-6-3-7-13-21)22(25)24-17-15-23(16-18-24)14-8-11-20-9-4-2-5-10-20/h2-13,19H,14-18H2,1H3/b11-8+. The quantitative estimate of drug-likeness (QED) is 0.801. The van der Waals surface area contributed by atoms with Gasteiger partial charge in [-0.3, -0.25) is 9.69 Å². The number of nitrogens with zero attached hydrogens (tertiary/aromatic N) is 2. The third-order valence-electron chi connectivity index (χ3n) is 4.56. The van der Waals surface area contributed by atoms with Crippen molar-refractivity contribution < 1.29 is 9.53 Å². The summed E-state index contributed by atoms with van der Waals surface area (Å²) in [6.07, 6.45) is 3.88. The van der Waals surface area contributed by atoms with Gasteiger partial charge >= 0.3 is 0 Å². The molecule has 26 heavy (non-hydrogen) atoms. The number of ether oxygens (including phenoxy) is 1. The molecule has 0 spiro atoms. The number of carbonyl (C=O) groups is 1. The molecular weight excluding hydrogens is 324 g/mol. The predicted octanol–water partition coefficient (Wildman–Crippen LogP) is 3.31. The Bertz CT molecular complexity index is 707. The summed E-state index contributed by atoms with van der Waals surface area (Å²) in [5, 5.41) is 0. The molecule has 1 fully saturated rings. The smallest absolute Gasteiger partial charge is 0.263 e. The summed E-state index contributed by atoms with van der Waals surface area (Å²) in [7, 11) is 0. The Morgan fingerprint density at radius 2 is 1.62 bits per heavy atom. The fraction of sp³-hybridized carbons (Fsp3) is 0.318. The summed E-state index contributed by atoms with van der Waals surface area (Å²) >= 11 is 0. The van der Waals surface area contributed by atoms with Crippen LogP contribution in [0.5, 0.6) is 5.75 Å². The fourth-order valence-corrected chi connectivity index (χ4v) is 3.06. The van der Waals surface area contributed by atoms with Crippen LogP contribution in [0.4, 0.5) is 0 Å². The molecule has 0 bridgehead atoms. The lowest BCUT2D eigenvalue weighted by Gasteiger charge is -2.35. The Hall–Kier alpha value is -2.59. The largest absolute Gasteiger partial charge is 0.481 e. The molecule has 0 aliphatic carbocycles. The highest BCUT2D eigenvalue weighted by Gasteiger charge is 2.25. The average Bonchev–Trinajstić information content (AvgIpc) is 2.69. The van der Waals surface area contributed by atoms with E-state index < -0.39 is 6.10 Å². The molecule has 1 aliphatic rings. The molecule has 1 saturated heterocycles. The van der Waals surface area contributed by atoms with E-state index in [-0.39, 0.29) is 5.91 Å². The van der Waals surface area contributed by atoms with Gasteiger partial charge in [-0.25, -0.2) is 0 Å². The van der Waals surface area contributed by atoms with Crippen molar-refractivity contribution in [3.8, 4) is 5.75 Å². The number of rotatable bonds is 6. The zero-order valence-corrected chi connectivity index (χ0v) is 15.3. The van der Waals surface area contributed by atoms with Crippen molar-refractivity contribution in [2.45, 2.75) is 13.0 Å². The number of hydrogen-bond donors (Lipinski definition) is 0. The highest BCUT2D eigenvalue weighted by molar-refractivity contribution is 5.81. The van der Waals surface area contributed by atoms with Gasteiger partial charge in [-0.05, 0) is 24.6 Å². The van der Waals surface area contributed by atoms with Crippen LogP contribution in [0.1, 0.15) is 12.5 Å². The molecule has 1 atom stereocenters. The van der Waals surface area contributed by atoms with Crippen LogP contribution in [0.2, 0.25) is 0 Å². The lowest BCUT2D eigenvalue weighted by atomic mass is 10.2.